The number of nitro benzene ring substituents is 2. The molecule has 0 spiro atoms. The van der Waals surface area contributed by atoms with Crippen molar-refractivity contribution >= 4 is 39.2 Å². The minimum atomic E-state index is -0.778. The molecule has 0 aliphatic rings. The molecular weight excluding hydrogens is 388 g/mol. The fraction of sp³-hybridized carbons (Fsp3) is 0. The van der Waals surface area contributed by atoms with Gasteiger partial charge in [-0.1, -0.05) is 0 Å². The number of benzene rings is 2. The number of nitro groups is 2. The Balaban J connectivity index is 2.27. The van der Waals surface area contributed by atoms with Crippen LogP contribution in [-0.2, 0) is 0 Å². The molecule has 2 aromatic carbocycles. The largest absolute Gasteiger partial charge is 0.507 e. The summed E-state index contributed by atoms with van der Waals surface area (Å²) in [6.45, 7) is 0. The fourth-order valence-electron chi connectivity index (χ4n) is 1.72. The lowest BCUT2D eigenvalue weighted by atomic mass is 10.2. The van der Waals surface area contributed by atoms with Gasteiger partial charge in [0.15, 0.2) is 0 Å². The van der Waals surface area contributed by atoms with E-state index in [-0.39, 0.29) is 22.7 Å². The van der Waals surface area contributed by atoms with Crippen LogP contribution in [0.25, 0.3) is 0 Å². The molecule has 2 aromatic rings. The Morgan fingerprint density at radius 3 is 2.42 bits per heavy atom. The van der Waals surface area contributed by atoms with Crippen LogP contribution in [0.3, 0.4) is 0 Å². The first-order valence-corrected chi connectivity index (χ1v) is 7.02. The lowest BCUT2D eigenvalue weighted by Crippen LogP contribution is -1.98. The van der Waals surface area contributed by atoms with Crippen molar-refractivity contribution in [2.24, 2.45) is 5.10 Å². The quantitative estimate of drug-likeness (QED) is 0.398. The van der Waals surface area contributed by atoms with Gasteiger partial charge < -0.3 is 10.2 Å². The molecule has 0 unspecified atom stereocenters. The molecule has 0 aromatic heterocycles. The summed E-state index contributed by atoms with van der Waals surface area (Å²) in [5, 5.41) is 44.5. The summed E-state index contributed by atoms with van der Waals surface area (Å²) in [6.07, 6.45) is 1.17. The summed E-state index contributed by atoms with van der Waals surface area (Å²) >= 11 is 3.07. The average molecular weight is 397 g/mol. The van der Waals surface area contributed by atoms with Crippen molar-refractivity contribution in [3.63, 3.8) is 0 Å². The first-order chi connectivity index (χ1) is 11.3. The predicted molar refractivity (Wildman–Crippen MR) is 88.4 cm³/mol. The molecular formula is C13H9BrN4O6. The van der Waals surface area contributed by atoms with Crippen molar-refractivity contribution in [2.45, 2.75) is 0 Å². The second-order valence-electron chi connectivity index (χ2n) is 4.45. The van der Waals surface area contributed by atoms with Gasteiger partial charge in [-0.15, -0.1) is 0 Å². The lowest BCUT2D eigenvalue weighted by molar-refractivity contribution is -0.393. The van der Waals surface area contributed by atoms with Crippen molar-refractivity contribution in [1.82, 2.24) is 0 Å². The van der Waals surface area contributed by atoms with Crippen LogP contribution in [0.15, 0.2) is 39.9 Å². The molecule has 11 heteroatoms. The van der Waals surface area contributed by atoms with Gasteiger partial charge in [0.25, 0.3) is 5.69 Å². The van der Waals surface area contributed by atoms with E-state index in [0.29, 0.717) is 4.47 Å². The van der Waals surface area contributed by atoms with Gasteiger partial charge in [-0.25, -0.2) is 0 Å². The second-order valence-corrected chi connectivity index (χ2v) is 5.30. The van der Waals surface area contributed by atoms with Gasteiger partial charge in [-0.2, -0.15) is 5.10 Å². The van der Waals surface area contributed by atoms with Gasteiger partial charge in [-0.05, 0) is 28.1 Å². The standard InChI is InChI=1S/C13H9BrN4O6/c14-9-3-7(12(19)5-13(9)20)6-15-16-10-2-1-8(17(21)22)4-11(10)18(23)24/h1-6,16,19-20H/b15-6-. The molecule has 0 saturated heterocycles. The van der Waals surface area contributed by atoms with E-state index in [9.17, 15) is 30.4 Å². The fourth-order valence-corrected chi connectivity index (χ4v) is 2.08. The number of hydrazone groups is 1. The Bertz CT molecular complexity index is 855. The maximum Gasteiger partial charge on any atom is 0.301 e. The minimum absolute atomic E-state index is 0.0563. The molecule has 3 N–H and O–H groups in total. The number of nitrogens with zero attached hydrogens (tertiary/aromatic N) is 3. The van der Waals surface area contributed by atoms with Crippen LogP contribution in [0, 0.1) is 20.2 Å². The zero-order valence-electron chi connectivity index (χ0n) is 11.7. The van der Waals surface area contributed by atoms with Gasteiger partial charge in [-0.3, -0.25) is 25.7 Å². The molecule has 24 heavy (non-hydrogen) atoms. The maximum absolute atomic E-state index is 11.0. The Morgan fingerprint density at radius 1 is 1.08 bits per heavy atom. The molecule has 10 nitrogen and oxygen atoms in total. The molecule has 0 saturated carbocycles. The third kappa shape index (κ3) is 3.76. The Hall–Kier alpha value is -3.21. The van der Waals surface area contributed by atoms with Gasteiger partial charge in [0, 0.05) is 17.7 Å². The zero-order chi connectivity index (χ0) is 17.9. The summed E-state index contributed by atoms with van der Waals surface area (Å²) < 4.78 is 0.322. The zero-order valence-corrected chi connectivity index (χ0v) is 13.3. The summed E-state index contributed by atoms with van der Waals surface area (Å²) in [7, 11) is 0. The van der Waals surface area contributed by atoms with Crippen LogP contribution in [0.4, 0.5) is 17.1 Å². The van der Waals surface area contributed by atoms with Crippen molar-refractivity contribution < 1.29 is 20.1 Å². The summed E-state index contributed by atoms with van der Waals surface area (Å²) in [6, 6.07) is 5.55. The molecule has 2 rings (SSSR count). The normalized spacial score (nSPS) is 10.7. The van der Waals surface area contributed by atoms with E-state index < -0.39 is 21.2 Å². The summed E-state index contributed by atoms with van der Waals surface area (Å²) in [5.74, 6) is -0.414. The van der Waals surface area contributed by atoms with Crippen molar-refractivity contribution in [3.8, 4) is 11.5 Å². The third-order valence-corrected chi connectivity index (χ3v) is 3.51. The first-order valence-electron chi connectivity index (χ1n) is 6.23. The highest BCUT2D eigenvalue weighted by Crippen LogP contribution is 2.31. The van der Waals surface area contributed by atoms with Crippen molar-refractivity contribution in [1.29, 1.82) is 0 Å². The Labute approximate surface area is 142 Å². The molecule has 0 aliphatic carbocycles. The molecule has 0 atom stereocenters. The molecule has 0 amide bonds. The Morgan fingerprint density at radius 2 is 1.79 bits per heavy atom. The molecule has 0 aliphatic heterocycles. The topological polar surface area (TPSA) is 151 Å². The molecule has 0 bridgehead atoms. The molecule has 0 radical (unpaired) electrons. The number of aromatic hydroxyl groups is 2. The van der Waals surface area contributed by atoms with Crippen LogP contribution in [0.5, 0.6) is 11.5 Å². The number of phenols is 2. The van der Waals surface area contributed by atoms with Crippen LogP contribution >= 0.6 is 15.9 Å². The summed E-state index contributed by atoms with van der Waals surface area (Å²) in [4.78, 5) is 20.1. The highest BCUT2D eigenvalue weighted by Gasteiger charge is 2.19. The van der Waals surface area contributed by atoms with E-state index in [1.54, 1.807) is 0 Å². The van der Waals surface area contributed by atoms with Crippen molar-refractivity contribution in [2.75, 3.05) is 5.43 Å². The summed E-state index contributed by atoms with van der Waals surface area (Å²) in [5.41, 5.74) is 1.63. The smallest absolute Gasteiger partial charge is 0.301 e. The number of rotatable bonds is 5. The van der Waals surface area contributed by atoms with E-state index in [1.165, 1.54) is 12.3 Å². The van der Waals surface area contributed by atoms with Gasteiger partial charge >= 0.3 is 5.69 Å². The maximum atomic E-state index is 11.0. The molecule has 0 fully saturated rings. The molecule has 0 heterocycles. The van der Waals surface area contributed by atoms with E-state index in [1.807, 2.05) is 0 Å². The molecule has 124 valence electrons. The number of non-ortho nitro benzene ring substituents is 1. The lowest BCUT2D eigenvalue weighted by Gasteiger charge is -2.04. The number of anilines is 1. The highest BCUT2D eigenvalue weighted by atomic mass is 79.9. The van der Waals surface area contributed by atoms with Gasteiger partial charge in [0.1, 0.15) is 17.2 Å². The van der Waals surface area contributed by atoms with E-state index >= 15 is 0 Å². The number of nitrogens with one attached hydrogen (secondary N) is 1. The monoisotopic (exact) mass is 396 g/mol. The van der Waals surface area contributed by atoms with E-state index in [2.05, 4.69) is 26.5 Å². The average Bonchev–Trinajstić information content (AvgIpc) is 2.52. The van der Waals surface area contributed by atoms with Crippen LogP contribution in [0.2, 0.25) is 0 Å². The highest BCUT2D eigenvalue weighted by molar-refractivity contribution is 9.10. The van der Waals surface area contributed by atoms with Crippen LogP contribution < -0.4 is 5.43 Å². The minimum Gasteiger partial charge on any atom is -0.507 e. The number of hydrogen-bond acceptors (Lipinski definition) is 8. The second kappa shape index (κ2) is 6.91. The van der Waals surface area contributed by atoms with E-state index in [4.69, 9.17) is 0 Å². The predicted octanol–water partition coefficient (Wildman–Crippen LogP) is 3.12. The van der Waals surface area contributed by atoms with Gasteiger partial charge in [0.05, 0.1) is 26.6 Å². The number of halogens is 1. The third-order valence-electron chi connectivity index (χ3n) is 2.87. The van der Waals surface area contributed by atoms with Gasteiger partial charge in [0.2, 0.25) is 0 Å². The number of phenolic OH excluding ortho intramolecular Hbond substituents is 2. The van der Waals surface area contributed by atoms with E-state index in [0.717, 1.165) is 24.3 Å². The van der Waals surface area contributed by atoms with Crippen molar-refractivity contribution in [3.05, 3.63) is 60.6 Å². The van der Waals surface area contributed by atoms with Crippen LogP contribution in [0.1, 0.15) is 5.56 Å². The van der Waals surface area contributed by atoms with Crippen LogP contribution in [-0.4, -0.2) is 26.3 Å². The Kier molecular flexibility index (Phi) is 4.94. The first kappa shape index (κ1) is 17.1. The number of hydrogen-bond donors (Lipinski definition) is 3. The SMILES string of the molecule is O=[N+]([O-])c1ccc(N/N=C\c2cc(Br)c(O)cc2O)c([N+](=O)[O-])c1.